The van der Waals surface area contributed by atoms with Crippen LogP contribution in [-0.4, -0.2) is 23.0 Å². The van der Waals surface area contributed by atoms with Gasteiger partial charge in [-0.25, -0.2) is 4.79 Å². The number of aliphatic carboxylic acids is 1. The summed E-state index contributed by atoms with van der Waals surface area (Å²) in [4.78, 5) is 22.7. The Kier molecular flexibility index (Phi) is 5.34. The topological polar surface area (TPSA) is 66.4 Å². The fourth-order valence-corrected chi connectivity index (χ4v) is 1.79. The van der Waals surface area contributed by atoms with E-state index in [0.717, 1.165) is 10.0 Å². The Hall–Kier alpha value is -1.36. The largest absolute Gasteiger partial charge is 0.480 e. The molecule has 1 rings (SSSR count). The molecule has 2 N–H and O–H groups in total. The number of benzene rings is 1. The molecular formula is C13H16BrNO3. The number of hydrogen-bond acceptors (Lipinski definition) is 2. The van der Waals surface area contributed by atoms with E-state index in [1.165, 1.54) is 0 Å². The van der Waals surface area contributed by atoms with Crippen LogP contribution in [0.2, 0.25) is 0 Å². The van der Waals surface area contributed by atoms with Crippen molar-refractivity contribution in [1.29, 1.82) is 0 Å². The molecule has 0 bridgehead atoms. The molecule has 1 aromatic rings. The molecule has 0 unspecified atom stereocenters. The van der Waals surface area contributed by atoms with Gasteiger partial charge in [0.2, 0.25) is 5.91 Å². The lowest BCUT2D eigenvalue weighted by atomic mass is 10.0. The van der Waals surface area contributed by atoms with Crippen molar-refractivity contribution in [3.8, 4) is 0 Å². The molecule has 1 atom stereocenters. The smallest absolute Gasteiger partial charge is 0.326 e. The van der Waals surface area contributed by atoms with Gasteiger partial charge in [0.05, 0.1) is 6.42 Å². The monoisotopic (exact) mass is 313 g/mol. The summed E-state index contributed by atoms with van der Waals surface area (Å²) in [5.41, 5.74) is 0.851. The van der Waals surface area contributed by atoms with E-state index in [9.17, 15) is 9.59 Å². The van der Waals surface area contributed by atoms with Gasteiger partial charge in [-0.2, -0.15) is 0 Å². The molecule has 0 heterocycles. The molecule has 0 saturated heterocycles. The van der Waals surface area contributed by atoms with Crippen LogP contribution < -0.4 is 5.32 Å². The van der Waals surface area contributed by atoms with Gasteiger partial charge < -0.3 is 10.4 Å². The van der Waals surface area contributed by atoms with Gasteiger partial charge in [-0.1, -0.05) is 41.9 Å². The summed E-state index contributed by atoms with van der Waals surface area (Å²) in [7, 11) is 0. The van der Waals surface area contributed by atoms with E-state index in [1.807, 2.05) is 24.3 Å². The molecule has 98 valence electrons. The van der Waals surface area contributed by atoms with Gasteiger partial charge in [0.1, 0.15) is 6.04 Å². The van der Waals surface area contributed by atoms with Crippen LogP contribution in [0, 0.1) is 5.92 Å². The van der Waals surface area contributed by atoms with Crippen molar-refractivity contribution in [2.24, 2.45) is 5.92 Å². The van der Waals surface area contributed by atoms with Crippen LogP contribution in [0.5, 0.6) is 0 Å². The highest BCUT2D eigenvalue weighted by Gasteiger charge is 2.23. The zero-order valence-corrected chi connectivity index (χ0v) is 11.9. The maximum Gasteiger partial charge on any atom is 0.326 e. The molecular weight excluding hydrogens is 298 g/mol. The molecule has 1 aromatic carbocycles. The van der Waals surface area contributed by atoms with Crippen molar-refractivity contribution >= 4 is 27.8 Å². The molecule has 0 aliphatic carbocycles. The minimum Gasteiger partial charge on any atom is -0.480 e. The number of amides is 1. The fourth-order valence-electron chi connectivity index (χ4n) is 1.53. The van der Waals surface area contributed by atoms with Gasteiger partial charge in [0.15, 0.2) is 0 Å². The summed E-state index contributed by atoms with van der Waals surface area (Å²) in [5, 5.41) is 11.5. The standard InChI is InChI=1S/C13H16BrNO3/c1-8(2)12(13(17)18)15-11(16)7-9-3-5-10(14)6-4-9/h3-6,8,12H,7H2,1-2H3,(H,15,16)(H,17,18)/t12-/m1/s1. The normalized spacial score (nSPS) is 12.2. The Bertz CT molecular complexity index is 428. The van der Waals surface area contributed by atoms with Crippen molar-refractivity contribution in [2.75, 3.05) is 0 Å². The number of carboxylic acids is 1. The van der Waals surface area contributed by atoms with Gasteiger partial charge in [0, 0.05) is 4.47 Å². The Morgan fingerprint density at radius 3 is 2.28 bits per heavy atom. The first kappa shape index (κ1) is 14.7. The molecule has 0 aliphatic rings. The lowest BCUT2D eigenvalue weighted by molar-refractivity contribution is -0.143. The number of halogens is 1. The number of carbonyl (C=O) groups excluding carboxylic acids is 1. The SMILES string of the molecule is CC(C)[C@@H](NC(=O)Cc1ccc(Br)cc1)C(=O)O. The molecule has 0 radical (unpaired) electrons. The highest BCUT2D eigenvalue weighted by Crippen LogP contribution is 2.11. The second kappa shape index (κ2) is 6.54. The number of carboxylic acid groups (broad SMARTS) is 1. The van der Waals surface area contributed by atoms with Crippen molar-refractivity contribution in [1.82, 2.24) is 5.32 Å². The Balaban J connectivity index is 2.60. The molecule has 0 spiro atoms. The summed E-state index contributed by atoms with van der Waals surface area (Å²) < 4.78 is 0.942. The first-order valence-electron chi connectivity index (χ1n) is 5.66. The van der Waals surface area contributed by atoms with E-state index >= 15 is 0 Å². The van der Waals surface area contributed by atoms with E-state index in [-0.39, 0.29) is 18.2 Å². The second-order valence-electron chi connectivity index (χ2n) is 4.43. The van der Waals surface area contributed by atoms with E-state index in [2.05, 4.69) is 21.2 Å². The predicted octanol–water partition coefficient (Wildman–Crippen LogP) is 2.22. The molecule has 5 heteroatoms. The Morgan fingerprint density at radius 1 is 1.28 bits per heavy atom. The predicted molar refractivity (Wildman–Crippen MR) is 72.3 cm³/mol. The van der Waals surface area contributed by atoms with Crippen LogP contribution in [0.15, 0.2) is 28.7 Å². The van der Waals surface area contributed by atoms with E-state index in [1.54, 1.807) is 13.8 Å². The molecule has 0 aromatic heterocycles. The zero-order chi connectivity index (χ0) is 13.7. The van der Waals surface area contributed by atoms with Gasteiger partial charge in [-0.15, -0.1) is 0 Å². The first-order valence-corrected chi connectivity index (χ1v) is 6.46. The van der Waals surface area contributed by atoms with Crippen LogP contribution in [0.1, 0.15) is 19.4 Å². The van der Waals surface area contributed by atoms with Crippen LogP contribution in [0.4, 0.5) is 0 Å². The lowest BCUT2D eigenvalue weighted by Crippen LogP contribution is -2.44. The highest BCUT2D eigenvalue weighted by molar-refractivity contribution is 9.10. The Morgan fingerprint density at radius 2 is 1.83 bits per heavy atom. The van der Waals surface area contributed by atoms with Crippen molar-refractivity contribution < 1.29 is 14.7 Å². The first-order chi connectivity index (χ1) is 8.40. The molecule has 4 nitrogen and oxygen atoms in total. The maximum atomic E-state index is 11.7. The van der Waals surface area contributed by atoms with Gasteiger partial charge in [0.25, 0.3) is 0 Å². The summed E-state index contributed by atoms with van der Waals surface area (Å²) in [6.07, 6.45) is 0.184. The second-order valence-corrected chi connectivity index (χ2v) is 5.35. The molecule has 0 aliphatic heterocycles. The van der Waals surface area contributed by atoms with Crippen molar-refractivity contribution in [3.05, 3.63) is 34.3 Å². The number of hydrogen-bond donors (Lipinski definition) is 2. The van der Waals surface area contributed by atoms with Crippen molar-refractivity contribution in [3.63, 3.8) is 0 Å². The van der Waals surface area contributed by atoms with Crippen LogP contribution >= 0.6 is 15.9 Å². The maximum absolute atomic E-state index is 11.7. The van der Waals surface area contributed by atoms with E-state index in [4.69, 9.17) is 5.11 Å². The summed E-state index contributed by atoms with van der Waals surface area (Å²) in [5.74, 6) is -1.43. The quantitative estimate of drug-likeness (QED) is 0.876. The van der Waals surface area contributed by atoms with E-state index in [0.29, 0.717) is 0 Å². The number of rotatable bonds is 5. The average Bonchev–Trinajstić information content (AvgIpc) is 2.28. The van der Waals surface area contributed by atoms with Crippen LogP contribution in [0.25, 0.3) is 0 Å². The van der Waals surface area contributed by atoms with Gasteiger partial charge >= 0.3 is 5.97 Å². The minimum absolute atomic E-state index is 0.142. The third-order valence-electron chi connectivity index (χ3n) is 2.53. The molecule has 0 fully saturated rings. The molecule has 0 saturated carbocycles. The fraction of sp³-hybridized carbons (Fsp3) is 0.385. The van der Waals surface area contributed by atoms with Gasteiger partial charge in [-0.3, -0.25) is 4.79 Å². The lowest BCUT2D eigenvalue weighted by Gasteiger charge is -2.17. The highest BCUT2D eigenvalue weighted by atomic mass is 79.9. The van der Waals surface area contributed by atoms with Crippen molar-refractivity contribution in [2.45, 2.75) is 26.3 Å². The molecule has 18 heavy (non-hydrogen) atoms. The molecule has 1 amide bonds. The Labute approximate surface area is 115 Å². The summed E-state index contributed by atoms with van der Waals surface area (Å²) in [6.45, 7) is 3.53. The van der Waals surface area contributed by atoms with E-state index < -0.39 is 12.0 Å². The third kappa shape index (κ3) is 4.49. The number of nitrogens with one attached hydrogen (secondary N) is 1. The third-order valence-corrected chi connectivity index (χ3v) is 3.06. The van der Waals surface area contributed by atoms with Crippen LogP contribution in [0.3, 0.4) is 0 Å². The number of carbonyl (C=O) groups is 2. The zero-order valence-electron chi connectivity index (χ0n) is 10.3. The minimum atomic E-state index is -1.01. The van der Waals surface area contributed by atoms with Gasteiger partial charge in [-0.05, 0) is 23.6 Å². The average molecular weight is 314 g/mol. The summed E-state index contributed by atoms with van der Waals surface area (Å²) in [6, 6.07) is 6.51. The summed E-state index contributed by atoms with van der Waals surface area (Å²) >= 11 is 3.31. The van der Waals surface area contributed by atoms with Crippen LogP contribution in [-0.2, 0) is 16.0 Å².